The summed E-state index contributed by atoms with van der Waals surface area (Å²) in [5.74, 6) is 3.71. The van der Waals surface area contributed by atoms with E-state index in [0.29, 0.717) is 23.8 Å². The second-order valence-electron chi connectivity index (χ2n) is 8.23. The van der Waals surface area contributed by atoms with Gasteiger partial charge in [0.2, 0.25) is 0 Å². The number of thioether (sulfide) groups is 1. The topological polar surface area (TPSA) is 62.9 Å². The minimum atomic E-state index is -0.548. The smallest absolute Gasteiger partial charge is 0.354 e. The van der Waals surface area contributed by atoms with E-state index in [4.69, 9.17) is 9.15 Å². The fourth-order valence-corrected chi connectivity index (χ4v) is 5.75. The van der Waals surface area contributed by atoms with Gasteiger partial charge in [-0.05, 0) is 41.8 Å². The van der Waals surface area contributed by atoms with E-state index in [2.05, 4.69) is 18.7 Å². The molecule has 1 N–H and O–H groups in total. The molecule has 5 nitrogen and oxygen atoms in total. The largest absolute Gasteiger partial charge is 0.506 e. The van der Waals surface area contributed by atoms with Crippen molar-refractivity contribution in [2.45, 2.75) is 29.6 Å². The van der Waals surface area contributed by atoms with Gasteiger partial charge in [0.05, 0.1) is 0 Å². The summed E-state index contributed by atoms with van der Waals surface area (Å²) in [6.45, 7) is 8.00. The van der Waals surface area contributed by atoms with Gasteiger partial charge in [0.25, 0.3) is 0 Å². The van der Waals surface area contributed by atoms with Crippen LogP contribution in [-0.4, -0.2) is 47.8 Å². The molecule has 0 atom stereocenters. The van der Waals surface area contributed by atoms with Crippen LogP contribution in [0.2, 0.25) is 0 Å². The molecule has 7 heteroatoms. The molecule has 2 heterocycles. The third-order valence-electron chi connectivity index (χ3n) is 5.56. The molecule has 0 unspecified atom stereocenters. The van der Waals surface area contributed by atoms with Gasteiger partial charge in [0.1, 0.15) is 28.8 Å². The number of benzene rings is 2. The van der Waals surface area contributed by atoms with Crippen molar-refractivity contribution >= 4 is 23.5 Å². The van der Waals surface area contributed by atoms with Crippen LogP contribution in [-0.2, 0) is 0 Å². The van der Waals surface area contributed by atoms with Crippen molar-refractivity contribution in [3.05, 3.63) is 70.6 Å². The van der Waals surface area contributed by atoms with Gasteiger partial charge in [-0.2, -0.15) is 11.8 Å². The van der Waals surface area contributed by atoms with E-state index in [-0.39, 0.29) is 10.6 Å². The zero-order valence-corrected chi connectivity index (χ0v) is 20.6. The van der Waals surface area contributed by atoms with Gasteiger partial charge in [0, 0.05) is 47.7 Å². The zero-order chi connectivity index (χ0) is 23.2. The summed E-state index contributed by atoms with van der Waals surface area (Å²) >= 11 is 3.24. The van der Waals surface area contributed by atoms with Crippen LogP contribution in [0.5, 0.6) is 11.5 Å². The fraction of sp³-hybridized carbons (Fsp3) is 0.346. The molecule has 2 aromatic carbocycles. The highest BCUT2D eigenvalue weighted by Gasteiger charge is 2.17. The minimum absolute atomic E-state index is 0.0789. The molecule has 0 spiro atoms. The van der Waals surface area contributed by atoms with Gasteiger partial charge < -0.3 is 14.3 Å². The average Bonchev–Trinajstić information content (AvgIpc) is 2.82. The van der Waals surface area contributed by atoms with Crippen LogP contribution in [0.1, 0.15) is 25.3 Å². The van der Waals surface area contributed by atoms with E-state index < -0.39 is 5.63 Å². The van der Waals surface area contributed by atoms with Crippen molar-refractivity contribution in [3.63, 3.8) is 0 Å². The standard InChI is InChI=1S/C26H29NO4S2/c1-18(2)21-5-3-4-6-24(21)33-25-22(28)17-23(31-26(25)29)19-7-9-20(10-8-19)30-14-11-27-12-15-32-16-13-27/h3-10,17-18,28H,11-16H2,1-2H3. The highest BCUT2D eigenvalue weighted by molar-refractivity contribution is 7.99. The van der Waals surface area contributed by atoms with E-state index >= 15 is 0 Å². The van der Waals surface area contributed by atoms with Gasteiger partial charge >= 0.3 is 5.63 Å². The summed E-state index contributed by atoms with van der Waals surface area (Å²) < 4.78 is 11.4. The van der Waals surface area contributed by atoms with Gasteiger partial charge in [-0.25, -0.2) is 4.79 Å². The lowest BCUT2D eigenvalue weighted by Crippen LogP contribution is -2.35. The Labute approximate surface area is 203 Å². The van der Waals surface area contributed by atoms with Crippen molar-refractivity contribution in [2.75, 3.05) is 37.7 Å². The van der Waals surface area contributed by atoms with Crippen LogP contribution < -0.4 is 10.4 Å². The Morgan fingerprint density at radius 3 is 2.55 bits per heavy atom. The van der Waals surface area contributed by atoms with E-state index in [1.807, 2.05) is 60.3 Å². The molecule has 3 aromatic rings. The number of ether oxygens (including phenoxy) is 1. The molecule has 1 aliphatic heterocycles. The fourth-order valence-electron chi connectivity index (χ4n) is 3.70. The summed E-state index contributed by atoms with van der Waals surface area (Å²) in [5, 5.41) is 10.6. The lowest BCUT2D eigenvalue weighted by Gasteiger charge is -2.25. The van der Waals surface area contributed by atoms with E-state index in [9.17, 15) is 9.90 Å². The molecule has 1 saturated heterocycles. The predicted octanol–water partition coefficient (Wildman–Crippen LogP) is 5.71. The van der Waals surface area contributed by atoms with Crippen LogP contribution in [0.4, 0.5) is 0 Å². The second-order valence-corrected chi connectivity index (χ2v) is 10.5. The monoisotopic (exact) mass is 483 g/mol. The maximum Gasteiger partial charge on any atom is 0.354 e. The van der Waals surface area contributed by atoms with Crippen LogP contribution in [0.25, 0.3) is 11.3 Å². The maximum absolute atomic E-state index is 12.7. The number of hydrogen-bond acceptors (Lipinski definition) is 7. The summed E-state index contributed by atoms with van der Waals surface area (Å²) in [5.41, 5.74) is 1.29. The first-order valence-electron chi connectivity index (χ1n) is 11.2. The predicted molar refractivity (Wildman–Crippen MR) is 136 cm³/mol. The first kappa shape index (κ1) is 23.8. The van der Waals surface area contributed by atoms with Crippen molar-refractivity contribution in [1.29, 1.82) is 0 Å². The average molecular weight is 484 g/mol. The van der Waals surface area contributed by atoms with E-state index in [0.717, 1.165) is 35.8 Å². The third-order valence-corrected chi connectivity index (χ3v) is 7.67. The molecule has 1 aliphatic rings. The Hall–Kier alpha value is -2.35. The molecule has 0 radical (unpaired) electrons. The van der Waals surface area contributed by atoms with Gasteiger partial charge in [-0.3, -0.25) is 4.90 Å². The molecule has 4 rings (SSSR count). The van der Waals surface area contributed by atoms with Gasteiger partial charge in [0.15, 0.2) is 0 Å². The molecule has 1 aromatic heterocycles. The number of aromatic hydroxyl groups is 1. The van der Waals surface area contributed by atoms with Crippen molar-refractivity contribution < 1.29 is 14.3 Å². The van der Waals surface area contributed by atoms with Crippen LogP contribution >= 0.6 is 23.5 Å². The lowest BCUT2D eigenvalue weighted by molar-refractivity contribution is 0.222. The molecule has 0 saturated carbocycles. The van der Waals surface area contributed by atoms with E-state index in [1.54, 1.807) is 0 Å². The minimum Gasteiger partial charge on any atom is -0.506 e. The Kier molecular flexibility index (Phi) is 8.06. The molecule has 33 heavy (non-hydrogen) atoms. The Morgan fingerprint density at radius 1 is 1.12 bits per heavy atom. The molecule has 0 bridgehead atoms. The first-order chi connectivity index (χ1) is 16.0. The Bertz CT molecular complexity index is 1120. The van der Waals surface area contributed by atoms with Crippen LogP contribution in [0.3, 0.4) is 0 Å². The van der Waals surface area contributed by atoms with Crippen LogP contribution in [0, 0.1) is 0 Å². The summed E-state index contributed by atoms with van der Waals surface area (Å²) in [4.78, 5) is 16.3. The maximum atomic E-state index is 12.7. The molecule has 0 aliphatic carbocycles. The highest BCUT2D eigenvalue weighted by atomic mass is 32.2. The summed E-state index contributed by atoms with van der Waals surface area (Å²) in [7, 11) is 0. The third kappa shape index (κ3) is 6.16. The highest BCUT2D eigenvalue weighted by Crippen LogP contribution is 2.37. The van der Waals surface area contributed by atoms with Crippen molar-refractivity contribution in [3.8, 4) is 22.8 Å². The van der Waals surface area contributed by atoms with Crippen LogP contribution in [0.15, 0.2) is 73.6 Å². The zero-order valence-electron chi connectivity index (χ0n) is 19.0. The quantitative estimate of drug-likeness (QED) is 0.440. The number of nitrogens with zero attached hydrogens (tertiary/aromatic N) is 1. The number of hydrogen-bond donors (Lipinski definition) is 1. The summed E-state index contributed by atoms with van der Waals surface area (Å²) in [6.07, 6.45) is 0. The normalized spacial score (nSPS) is 14.5. The molecular weight excluding hydrogens is 454 g/mol. The van der Waals surface area contributed by atoms with Gasteiger partial charge in [-0.1, -0.05) is 43.8 Å². The molecule has 1 fully saturated rings. The Balaban J connectivity index is 1.44. The number of rotatable bonds is 8. The second kappa shape index (κ2) is 11.2. The van der Waals surface area contributed by atoms with Gasteiger partial charge in [-0.15, -0.1) is 0 Å². The molecule has 0 amide bonds. The lowest BCUT2D eigenvalue weighted by atomic mass is 10.0. The Morgan fingerprint density at radius 2 is 1.85 bits per heavy atom. The van der Waals surface area contributed by atoms with E-state index in [1.165, 1.54) is 29.3 Å². The molecule has 174 valence electrons. The first-order valence-corrected chi connectivity index (χ1v) is 13.2. The molecular formula is C26H29NO4S2. The van der Waals surface area contributed by atoms with Crippen molar-refractivity contribution in [1.82, 2.24) is 4.90 Å². The summed E-state index contributed by atoms with van der Waals surface area (Å²) in [6, 6.07) is 16.8. The van der Waals surface area contributed by atoms with Crippen molar-refractivity contribution in [2.24, 2.45) is 0 Å². The SMILES string of the molecule is CC(C)c1ccccc1Sc1c(O)cc(-c2ccc(OCCN3CCSCC3)cc2)oc1=O.